The molecule has 0 radical (unpaired) electrons. The third-order valence-electron chi connectivity index (χ3n) is 1.64. The molecule has 0 aliphatic heterocycles. The first-order valence-electron chi connectivity index (χ1n) is 3.58. The summed E-state index contributed by atoms with van der Waals surface area (Å²) < 4.78 is 0. The molecule has 1 heterocycles. The van der Waals surface area contributed by atoms with Crippen molar-refractivity contribution in [2.75, 3.05) is 0 Å². The molecule has 0 amide bonds. The highest BCUT2D eigenvalue weighted by Crippen LogP contribution is 2.09. The average molecular weight is 175 g/mol. The van der Waals surface area contributed by atoms with Crippen molar-refractivity contribution in [3.63, 3.8) is 0 Å². The van der Waals surface area contributed by atoms with Crippen LogP contribution in [0.4, 0.5) is 0 Å². The summed E-state index contributed by atoms with van der Waals surface area (Å²) in [6.07, 6.45) is 1.29. The topological polar surface area (TPSA) is 76.0 Å². The Morgan fingerprint density at radius 2 is 2.15 bits per heavy atom. The van der Waals surface area contributed by atoms with E-state index < -0.39 is 5.97 Å². The first kappa shape index (κ1) is 7.60. The van der Waals surface area contributed by atoms with Crippen molar-refractivity contribution in [2.24, 2.45) is 0 Å². The summed E-state index contributed by atoms with van der Waals surface area (Å²) in [5, 5.41) is 16.0. The number of fused-ring (bicyclic) bond motifs is 1. The molecule has 1 aromatic carbocycles. The van der Waals surface area contributed by atoms with Crippen LogP contribution >= 0.6 is 0 Å². The summed E-state index contributed by atoms with van der Waals surface area (Å²) >= 11 is 0. The highest BCUT2D eigenvalue weighted by Gasteiger charge is 2.03. The first-order chi connectivity index (χ1) is 6.27. The van der Waals surface area contributed by atoms with Crippen molar-refractivity contribution in [1.82, 2.24) is 15.2 Å². The van der Waals surface area contributed by atoms with E-state index in [9.17, 15) is 4.79 Å². The van der Waals surface area contributed by atoms with Gasteiger partial charge in [-0.3, -0.25) is 0 Å². The summed E-state index contributed by atoms with van der Waals surface area (Å²) in [4.78, 5) is 14.5. The number of rotatable bonds is 1. The van der Waals surface area contributed by atoms with Crippen molar-refractivity contribution in [1.29, 1.82) is 0 Å². The molecule has 5 nitrogen and oxygen atoms in total. The summed E-state index contributed by atoms with van der Waals surface area (Å²) in [7, 11) is 0. The highest BCUT2D eigenvalue weighted by atomic mass is 16.4. The number of aromatic carboxylic acids is 1. The molecule has 0 saturated carbocycles. The molecule has 5 heteroatoms. The van der Waals surface area contributed by atoms with E-state index in [1.807, 2.05) is 0 Å². The molecule has 0 saturated heterocycles. The molecule has 0 spiro atoms. The zero-order valence-corrected chi connectivity index (χ0v) is 6.51. The SMILES string of the molecule is O=C(O)c1ccc2nncnc2c1. The van der Waals surface area contributed by atoms with Crippen LogP contribution in [0, 0.1) is 0 Å². The number of carbonyl (C=O) groups is 1. The van der Waals surface area contributed by atoms with E-state index in [1.54, 1.807) is 6.07 Å². The average Bonchev–Trinajstić information content (AvgIpc) is 2.17. The first-order valence-corrected chi connectivity index (χ1v) is 3.58. The predicted molar refractivity (Wildman–Crippen MR) is 44.3 cm³/mol. The van der Waals surface area contributed by atoms with E-state index in [4.69, 9.17) is 5.11 Å². The van der Waals surface area contributed by atoms with Crippen LogP contribution in [0.3, 0.4) is 0 Å². The van der Waals surface area contributed by atoms with Crippen LogP contribution in [0.15, 0.2) is 24.5 Å². The van der Waals surface area contributed by atoms with E-state index in [0.29, 0.717) is 11.0 Å². The molecule has 2 aromatic rings. The van der Waals surface area contributed by atoms with Crippen molar-refractivity contribution in [3.05, 3.63) is 30.1 Å². The smallest absolute Gasteiger partial charge is 0.335 e. The third-order valence-corrected chi connectivity index (χ3v) is 1.64. The maximum Gasteiger partial charge on any atom is 0.335 e. The van der Waals surface area contributed by atoms with Crippen LogP contribution in [0.2, 0.25) is 0 Å². The molecule has 0 bridgehead atoms. The van der Waals surface area contributed by atoms with Gasteiger partial charge in [-0.25, -0.2) is 9.78 Å². The summed E-state index contributed by atoms with van der Waals surface area (Å²) in [6.45, 7) is 0. The van der Waals surface area contributed by atoms with Gasteiger partial charge in [0.1, 0.15) is 11.8 Å². The summed E-state index contributed by atoms with van der Waals surface area (Å²) in [6, 6.07) is 4.52. The van der Waals surface area contributed by atoms with Crippen LogP contribution < -0.4 is 0 Å². The molecular weight excluding hydrogens is 170 g/mol. The molecule has 0 aliphatic carbocycles. The van der Waals surface area contributed by atoms with Gasteiger partial charge in [-0.15, -0.1) is 10.2 Å². The lowest BCUT2D eigenvalue weighted by Gasteiger charge is -1.95. The van der Waals surface area contributed by atoms with Crippen LogP contribution in [-0.4, -0.2) is 26.3 Å². The minimum absolute atomic E-state index is 0.202. The molecule has 0 atom stereocenters. The van der Waals surface area contributed by atoms with Gasteiger partial charge in [-0.05, 0) is 18.2 Å². The highest BCUT2D eigenvalue weighted by molar-refractivity contribution is 5.91. The van der Waals surface area contributed by atoms with Gasteiger partial charge in [-0.1, -0.05) is 0 Å². The Balaban J connectivity index is 2.69. The number of aromatic nitrogens is 3. The second-order valence-corrected chi connectivity index (χ2v) is 2.47. The number of hydrogen-bond acceptors (Lipinski definition) is 4. The Labute approximate surface area is 73.1 Å². The van der Waals surface area contributed by atoms with Crippen molar-refractivity contribution in [3.8, 4) is 0 Å². The van der Waals surface area contributed by atoms with Gasteiger partial charge in [-0.2, -0.15) is 0 Å². The number of carboxylic acids is 1. The Morgan fingerprint density at radius 3 is 2.92 bits per heavy atom. The van der Waals surface area contributed by atoms with Gasteiger partial charge in [0, 0.05) is 0 Å². The van der Waals surface area contributed by atoms with E-state index >= 15 is 0 Å². The van der Waals surface area contributed by atoms with Crippen molar-refractivity contribution in [2.45, 2.75) is 0 Å². The fraction of sp³-hybridized carbons (Fsp3) is 0. The van der Waals surface area contributed by atoms with Gasteiger partial charge in [0.2, 0.25) is 0 Å². The summed E-state index contributed by atoms with van der Waals surface area (Å²) in [5.41, 5.74) is 1.33. The number of hydrogen-bond donors (Lipinski definition) is 1. The normalized spacial score (nSPS) is 10.2. The Kier molecular flexibility index (Phi) is 1.63. The van der Waals surface area contributed by atoms with Crippen LogP contribution in [0.5, 0.6) is 0 Å². The van der Waals surface area contributed by atoms with Crippen molar-refractivity contribution < 1.29 is 9.90 Å². The van der Waals surface area contributed by atoms with Gasteiger partial charge in [0.25, 0.3) is 0 Å². The molecule has 1 aromatic heterocycles. The quantitative estimate of drug-likeness (QED) is 0.691. The Hall–Kier alpha value is -2.04. The number of benzene rings is 1. The lowest BCUT2D eigenvalue weighted by atomic mass is 10.2. The van der Waals surface area contributed by atoms with Crippen LogP contribution in [-0.2, 0) is 0 Å². The molecule has 0 unspecified atom stereocenters. The standard InChI is InChI=1S/C8H5N3O2/c12-8(13)5-1-2-6-7(3-5)9-4-10-11-6/h1-4H,(H,12,13). The zero-order chi connectivity index (χ0) is 9.26. The molecule has 13 heavy (non-hydrogen) atoms. The maximum absolute atomic E-state index is 10.6. The van der Waals surface area contributed by atoms with Crippen LogP contribution in [0.25, 0.3) is 11.0 Å². The van der Waals surface area contributed by atoms with Gasteiger partial charge < -0.3 is 5.11 Å². The number of nitrogens with zero attached hydrogens (tertiary/aromatic N) is 3. The Morgan fingerprint density at radius 1 is 1.31 bits per heavy atom. The van der Waals surface area contributed by atoms with Crippen LogP contribution in [0.1, 0.15) is 10.4 Å². The summed E-state index contributed by atoms with van der Waals surface area (Å²) in [5.74, 6) is -0.972. The number of carboxylic acid groups (broad SMARTS) is 1. The predicted octanol–water partition coefficient (Wildman–Crippen LogP) is 0.723. The monoisotopic (exact) mass is 175 g/mol. The fourth-order valence-corrected chi connectivity index (χ4v) is 1.02. The fourth-order valence-electron chi connectivity index (χ4n) is 1.02. The molecule has 2 rings (SSSR count). The van der Waals surface area contributed by atoms with Crippen molar-refractivity contribution >= 4 is 17.0 Å². The van der Waals surface area contributed by atoms with Gasteiger partial charge >= 0.3 is 5.97 Å². The van der Waals surface area contributed by atoms with E-state index in [0.717, 1.165) is 0 Å². The molecular formula is C8H5N3O2. The van der Waals surface area contributed by atoms with E-state index in [-0.39, 0.29) is 5.56 Å². The lowest BCUT2D eigenvalue weighted by Crippen LogP contribution is -1.96. The molecule has 0 aliphatic rings. The largest absolute Gasteiger partial charge is 0.478 e. The van der Waals surface area contributed by atoms with E-state index in [2.05, 4.69) is 15.2 Å². The van der Waals surface area contributed by atoms with Gasteiger partial charge in [0.15, 0.2) is 0 Å². The Bertz CT molecular complexity index is 470. The molecule has 64 valence electrons. The second kappa shape index (κ2) is 2.78. The van der Waals surface area contributed by atoms with Gasteiger partial charge in [0.05, 0.1) is 11.1 Å². The lowest BCUT2D eigenvalue weighted by molar-refractivity contribution is 0.0697. The minimum atomic E-state index is -0.972. The molecule has 0 fully saturated rings. The maximum atomic E-state index is 10.6. The minimum Gasteiger partial charge on any atom is -0.478 e. The second-order valence-electron chi connectivity index (χ2n) is 2.47. The zero-order valence-electron chi connectivity index (χ0n) is 6.51. The third kappa shape index (κ3) is 1.31. The molecule has 1 N–H and O–H groups in total. The van der Waals surface area contributed by atoms with E-state index in [1.165, 1.54) is 18.5 Å².